The maximum absolute atomic E-state index is 13.1. The Kier molecular flexibility index (Phi) is 7.68. The summed E-state index contributed by atoms with van der Waals surface area (Å²) in [5, 5.41) is 10.2. The number of aliphatic carboxylic acids is 1. The van der Waals surface area contributed by atoms with Gasteiger partial charge in [0.05, 0.1) is 17.7 Å². The zero-order valence-corrected chi connectivity index (χ0v) is 20.0. The molecule has 0 saturated carbocycles. The molecular formula is C27H29NO6. The summed E-state index contributed by atoms with van der Waals surface area (Å²) in [6, 6.07) is 13.0. The van der Waals surface area contributed by atoms with Gasteiger partial charge >= 0.3 is 5.97 Å². The predicted octanol–water partition coefficient (Wildman–Crippen LogP) is 5.01. The first-order valence-corrected chi connectivity index (χ1v) is 10.9. The largest absolute Gasteiger partial charge is 0.478 e. The van der Waals surface area contributed by atoms with E-state index in [0.29, 0.717) is 17.9 Å². The number of carbonyl (C=O) groups excluding carboxylic acids is 1. The van der Waals surface area contributed by atoms with Crippen molar-refractivity contribution in [3.05, 3.63) is 70.8 Å². The number of para-hydroxylation sites is 1. The fourth-order valence-corrected chi connectivity index (χ4v) is 3.41. The number of carbonyl (C=O) groups is 2. The summed E-state index contributed by atoms with van der Waals surface area (Å²) in [6.45, 7) is 7.35. The van der Waals surface area contributed by atoms with Gasteiger partial charge in [-0.15, -0.1) is 0 Å². The third kappa shape index (κ3) is 5.80. The van der Waals surface area contributed by atoms with Crippen molar-refractivity contribution in [1.29, 1.82) is 0 Å². The second-order valence-corrected chi connectivity index (χ2v) is 8.47. The van der Waals surface area contributed by atoms with E-state index in [1.165, 1.54) is 19.9 Å². The number of pyridine rings is 1. The summed E-state index contributed by atoms with van der Waals surface area (Å²) in [4.78, 5) is 29.0. The number of hydrogen-bond acceptors (Lipinski definition) is 6. The number of aromatic nitrogens is 1. The molecule has 0 unspecified atom stereocenters. The number of ether oxygens (including phenoxy) is 3. The molecule has 2 aromatic carbocycles. The second kappa shape index (κ2) is 10.5. The van der Waals surface area contributed by atoms with Gasteiger partial charge in [0.1, 0.15) is 12.4 Å². The Balaban J connectivity index is 1.89. The van der Waals surface area contributed by atoms with E-state index in [4.69, 9.17) is 14.2 Å². The van der Waals surface area contributed by atoms with Crippen LogP contribution in [0.15, 0.2) is 48.5 Å². The van der Waals surface area contributed by atoms with Gasteiger partial charge in [-0.2, -0.15) is 0 Å². The fraction of sp³-hybridized carbons (Fsp3) is 0.296. The molecule has 1 heterocycles. The Morgan fingerprint density at radius 1 is 1.06 bits per heavy atom. The monoisotopic (exact) mass is 463 g/mol. The molecule has 7 nitrogen and oxygen atoms in total. The molecule has 1 N–H and O–H groups in total. The smallest absolute Gasteiger partial charge is 0.347 e. The van der Waals surface area contributed by atoms with E-state index in [0.717, 1.165) is 27.6 Å². The molecule has 7 heteroatoms. The lowest BCUT2D eigenvalue weighted by Gasteiger charge is -2.24. The van der Waals surface area contributed by atoms with Crippen molar-refractivity contribution in [3.63, 3.8) is 0 Å². The Labute approximate surface area is 199 Å². The van der Waals surface area contributed by atoms with Crippen molar-refractivity contribution in [2.75, 3.05) is 20.3 Å². The van der Waals surface area contributed by atoms with Gasteiger partial charge in [0.2, 0.25) is 5.88 Å². The van der Waals surface area contributed by atoms with Crippen molar-refractivity contribution >= 4 is 28.7 Å². The molecule has 0 amide bonds. The summed E-state index contributed by atoms with van der Waals surface area (Å²) in [7, 11) is 1.58. The van der Waals surface area contributed by atoms with Crippen molar-refractivity contribution in [2.45, 2.75) is 33.3 Å². The van der Waals surface area contributed by atoms with Crippen LogP contribution in [0.2, 0.25) is 0 Å². The summed E-state index contributed by atoms with van der Waals surface area (Å²) >= 11 is 0. The Morgan fingerprint density at radius 2 is 1.74 bits per heavy atom. The molecule has 0 aliphatic heterocycles. The average molecular weight is 464 g/mol. The summed E-state index contributed by atoms with van der Waals surface area (Å²) in [5.74, 6) is -0.512. The van der Waals surface area contributed by atoms with Crippen molar-refractivity contribution in [3.8, 4) is 11.6 Å². The molecule has 0 fully saturated rings. The lowest BCUT2D eigenvalue weighted by Crippen LogP contribution is -2.38. The Bertz CT molecular complexity index is 1220. The van der Waals surface area contributed by atoms with Crippen LogP contribution < -0.4 is 9.47 Å². The van der Waals surface area contributed by atoms with E-state index in [-0.39, 0.29) is 18.3 Å². The Morgan fingerprint density at radius 3 is 2.38 bits per heavy atom. The van der Waals surface area contributed by atoms with Gasteiger partial charge < -0.3 is 19.3 Å². The highest BCUT2D eigenvalue weighted by atomic mass is 16.5. The first kappa shape index (κ1) is 24.9. The van der Waals surface area contributed by atoms with E-state index in [2.05, 4.69) is 4.98 Å². The van der Waals surface area contributed by atoms with Crippen molar-refractivity contribution < 1.29 is 28.9 Å². The van der Waals surface area contributed by atoms with Crippen molar-refractivity contribution in [1.82, 2.24) is 4.98 Å². The Hall–Kier alpha value is -3.71. The van der Waals surface area contributed by atoms with Crippen LogP contribution in [0, 0.1) is 13.8 Å². The van der Waals surface area contributed by atoms with E-state index in [1.54, 1.807) is 19.3 Å². The summed E-state index contributed by atoms with van der Waals surface area (Å²) < 4.78 is 16.5. The van der Waals surface area contributed by atoms with Gasteiger partial charge in [0, 0.05) is 12.5 Å². The van der Waals surface area contributed by atoms with Crippen LogP contribution in [-0.4, -0.2) is 47.8 Å². The number of benzene rings is 2. The molecule has 0 saturated heterocycles. The quantitative estimate of drug-likeness (QED) is 0.256. The number of aryl methyl sites for hydroxylation is 2. The van der Waals surface area contributed by atoms with Crippen LogP contribution >= 0.6 is 0 Å². The highest BCUT2D eigenvalue weighted by Gasteiger charge is 2.30. The van der Waals surface area contributed by atoms with Gasteiger partial charge in [-0.3, -0.25) is 4.79 Å². The van der Waals surface area contributed by atoms with E-state index in [1.807, 2.05) is 50.2 Å². The third-order valence-electron chi connectivity index (χ3n) is 5.26. The SMILES string of the molecule is COCCOc1nc2ccccc2cc1C(=O)C=Cc1cc(C)c(OC(C)(C)C(=O)O)c(C)c1. The molecule has 0 aliphatic carbocycles. The number of carboxylic acids is 1. The van der Waals surface area contributed by atoms with Gasteiger partial charge in [0.15, 0.2) is 11.4 Å². The number of hydrogen-bond donors (Lipinski definition) is 1. The van der Waals surface area contributed by atoms with Crippen LogP contribution in [0.1, 0.15) is 40.9 Å². The molecule has 34 heavy (non-hydrogen) atoms. The maximum atomic E-state index is 13.1. The molecular weight excluding hydrogens is 434 g/mol. The second-order valence-electron chi connectivity index (χ2n) is 8.47. The number of allylic oxidation sites excluding steroid dienone is 1. The van der Waals surface area contributed by atoms with Gasteiger partial charge in [-0.25, -0.2) is 9.78 Å². The molecule has 1 aromatic heterocycles. The molecule has 0 atom stereocenters. The summed E-state index contributed by atoms with van der Waals surface area (Å²) in [6.07, 6.45) is 3.19. The predicted molar refractivity (Wildman–Crippen MR) is 131 cm³/mol. The van der Waals surface area contributed by atoms with Crippen LogP contribution in [0.5, 0.6) is 11.6 Å². The topological polar surface area (TPSA) is 95.0 Å². The minimum atomic E-state index is -1.36. The first-order chi connectivity index (χ1) is 16.1. The number of ketones is 1. The zero-order valence-electron chi connectivity index (χ0n) is 20.0. The number of carboxylic acid groups (broad SMARTS) is 1. The number of rotatable bonds is 10. The van der Waals surface area contributed by atoms with Crippen LogP contribution in [-0.2, 0) is 9.53 Å². The molecule has 0 bridgehead atoms. The zero-order chi connectivity index (χ0) is 24.9. The molecule has 178 valence electrons. The van der Waals surface area contributed by atoms with Crippen LogP contribution in [0.4, 0.5) is 0 Å². The molecule has 0 aliphatic rings. The first-order valence-electron chi connectivity index (χ1n) is 10.9. The lowest BCUT2D eigenvalue weighted by molar-refractivity contribution is -0.152. The molecule has 3 aromatic rings. The fourth-order valence-electron chi connectivity index (χ4n) is 3.41. The highest BCUT2D eigenvalue weighted by molar-refractivity contribution is 6.10. The standard InChI is InChI=1S/C27H29NO6/c1-17-14-19(15-18(2)24(17)34-27(3,4)26(30)31)10-11-23(29)21-16-20-8-6-7-9-22(20)28-25(21)33-13-12-32-5/h6-11,14-16H,12-13H2,1-5H3,(H,30,31). The number of nitrogens with zero attached hydrogens (tertiary/aromatic N) is 1. The van der Waals surface area contributed by atoms with Gasteiger partial charge in [0.25, 0.3) is 0 Å². The van der Waals surface area contributed by atoms with E-state index in [9.17, 15) is 14.7 Å². The van der Waals surface area contributed by atoms with Crippen LogP contribution in [0.25, 0.3) is 17.0 Å². The van der Waals surface area contributed by atoms with Crippen molar-refractivity contribution in [2.24, 2.45) is 0 Å². The van der Waals surface area contributed by atoms with E-state index < -0.39 is 11.6 Å². The highest BCUT2D eigenvalue weighted by Crippen LogP contribution is 2.29. The molecule has 0 spiro atoms. The van der Waals surface area contributed by atoms with Gasteiger partial charge in [-0.1, -0.05) is 24.3 Å². The molecule has 3 rings (SSSR count). The number of methoxy groups -OCH3 is 1. The maximum Gasteiger partial charge on any atom is 0.347 e. The minimum absolute atomic E-state index is 0.242. The molecule has 0 radical (unpaired) electrons. The normalized spacial score (nSPS) is 11.7. The van der Waals surface area contributed by atoms with Gasteiger partial charge in [-0.05, 0) is 74.7 Å². The van der Waals surface area contributed by atoms with E-state index >= 15 is 0 Å². The lowest BCUT2D eigenvalue weighted by atomic mass is 10.0. The minimum Gasteiger partial charge on any atom is -0.478 e. The van der Waals surface area contributed by atoms with Crippen LogP contribution in [0.3, 0.4) is 0 Å². The number of fused-ring (bicyclic) bond motifs is 1. The average Bonchev–Trinajstić information content (AvgIpc) is 2.79. The summed E-state index contributed by atoms with van der Waals surface area (Å²) in [5.41, 5.74) is 2.09. The third-order valence-corrected chi connectivity index (χ3v) is 5.26.